The summed E-state index contributed by atoms with van der Waals surface area (Å²) < 4.78 is 4.76. The highest BCUT2D eigenvalue weighted by molar-refractivity contribution is 6.25. The van der Waals surface area contributed by atoms with E-state index in [1.54, 1.807) is 0 Å². The van der Waals surface area contributed by atoms with Crippen LogP contribution in [0.25, 0.3) is 11.1 Å². The average molecular weight is 682 g/mol. The molecule has 19 heteroatoms. The van der Waals surface area contributed by atoms with Crippen molar-refractivity contribution in [3.63, 3.8) is 0 Å². The number of aromatic carboxylic acids is 4. The number of carbonyl (C=O) groups is 10. The molecule has 0 aromatic heterocycles. The van der Waals surface area contributed by atoms with Crippen molar-refractivity contribution in [2.24, 2.45) is 0 Å². The summed E-state index contributed by atoms with van der Waals surface area (Å²) in [5.74, 6) is -20.9. The van der Waals surface area contributed by atoms with Crippen molar-refractivity contribution in [1.82, 2.24) is 0 Å². The number of ether oxygens (including phenoxy) is 1. The van der Waals surface area contributed by atoms with Gasteiger partial charge in [-0.3, -0.25) is 9.59 Å². The van der Waals surface area contributed by atoms with E-state index in [9.17, 15) is 88.8 Å². The van der Waals surface area contributed by atoms with E-state index >= 15 is 0 Å². The third-order valence-corrected chi connectivity index (χ3v) is 8.02. The number of allylic oxidation sites excluding steroid dienone is 2. The fourth-order valence-electron chi connectivity index (χ4n) is 5.86. The molecule has 0 bridgehead atoms. The first-order valence-electron chi connectivity index (χ1n) is 13.2. The van der Waals surface area contributed by atoms with Crippen LogP contribution < -0.4 is 0 Å². The molecule has 8 N–H and O–H groups in total. The number of hydrogen-bond acceptors (Lipinski definition) is 11. The predicted molar refractivity (Wildman–Crippen MR) is 151 cm³/mol. The van der Waals surface area contributed by atoms with E-state index in [0.29, 0.717) is 36.4 Å². The van der Waals surface area contributed by atoms with Gasteiger partial charge in [-0.15, -0.1) is 0 Å². The number of fused-ring (bicyclic) bond motifs is 2. The molecule has 2 atom stereocenters. The summed E-state index contributed by atoms with van der Waals surface area (Å²) in [5.41, 5.74) is -17.9. The molecule has 49 heavy (non-hydrogen) atoms. The first-order valence-corrected chi connectivity index (χ1v) is 13.2. The standard InChI is InChI=1S/C30H18O19/c31-19(32)9-1-3-13(23(39)40)17-15(9)11(21(35)36)5-7-29(17,25(43)44)27(47)49-28(48)30(26(45)46)8-6-12(22(37)38)16-10(20(33)34)2-4-14(18(16)30)24(41)42/h1-6H,7-8H2,(H,31,32)(H,33,34)(H,35,36)(H,37,38)(H,39,40)(H,41,42)(H,43,44)(H,45,46). The predicted octanol–water partition coefficient (Wildman–Crippen LogP) is 0.638. The molecule has 0 saturated carbocycles. The van der Waals surface area contributed by atoms with Gasteiger partial charge in [-0.05, 0) is 37.1 Å². The minimum absolute atomic E-state index is 0.523. The van der Waals surface area contributed by atoms with E-state index in [2.05, 4.69) is 0 Å². The van der Waals surface area contributed by atoms with Gasteiger partial charge in [0.25, 0.3) is 0 Å². The number of aliphatic carboxylic acids is 4. The number of esters is 2. The van der Waals surface area contributed by atoms with Crippen molar-refractivity contribution in [3.8, 4) is 0 Å². The molecule has 4 rings (SSSR count). The highest BCUT2D eigenvalue weighted by Crippen LogP contribution is 2.47. The molecule has 0 fully saturated rings. The van der Waals surface area contributed by atoms with Gasteiger partial charge in [-0.25, -0.2) is 38.4 Å². The Hall–Kier alpha value is -7.18. The second-order valence-corrected chi connectivity index (χ2v) is 10.4. The molecule has 0 spiro atoms. The van der Waals surface area contributed by atoms with Gasteiger partial charge in [-0.1, -0.05) is 12.2 Å². The summed E-state index contributed by atoms with van der Waals surface area (Å²) >= 11 is 0. The number of carboxylic acids is 8. The van der Waals surface area contributed by atoms with Gasteiger partial charge in [0.2, 0.25) is 0 Å². The van der Waals surface area contributed by atoms with Gasteiger partial charge in [-0.2, -0.15) is 0 Å². The monoisotopic (exact) mass is 682 g/mol. The van der Waals surface area contributed by atoms with Crippen LogP contribution in [0.3, 0.4) is 0 Å². The topological polar surface area (TPSA) is 342 Å². The smallest absolute Gasteiger partial charge is 0.336 e. The molecule has 252 valence electrons. The Bertz CT molecular complexity index is 1920. The van der Waals surface area contributed by atoms with Gasteiger partial charge in [0.1, 0.15) is 0 Å². The maximum Gasteiger partial charge on any atom is 0.336 e. The Kier molecular flexibility index (Phi) is 8.41. The van der Waals surface area contributed by atoms with Crippen LogP contribution in [0.2, 0.25) is 0 Å². The Morgan fingerprint density at radius 1 is 0.449 bits per heavy atom. The molecular weight excluding hydrogens is 664 g/mol. The maximum absolute atomic E-state index is 13.9. The Morgan fingerprint density at radius 3 is 0.980 bits per heavy atom. The lowest BCUT2D eigenvalue weighted by molar-refractivity contribution is -0.174. The summed E-state index contributed by atoms with van der Waals surface area (Å²) in [7, 11) is 0. The molecule has 0 aliphatic heterocycles. The zero-order valence-corrected chi connectivity index (χ0v) is 23.9. The largest absolute Gasteiger partial charge is 0.480 e. The molecule has 0 amide bonds. The van der Waals surface area contributed by atoms with Gasteiger partial charge < -0.3 is 45.6 Å². The van der Waals surface area contributed by atoms with Crippen molar-refractivity contribution in [1.29, 1.82) is 0 Å². The van der Waals surface area contributed by atoms with Crippen molar-refractivity contribution >= 4 is 70.8 Å². The van der Waals surface area contributed by atoms with Gasteiger partial charge in [0, 0.05) is 22.3 Å². The van der Waals surface area contributed by atoms with Crippen LogP contribution in [-0.4, -0.2) is 101 Å². The third kappa shape index (κ3) is 5.01. The molecule has 0 saturated heterocycles. The molecule has 2 aliphatic rings. The lowest BCUT2D eigenvalue weighted by Crippen LogP contribution is -2.53. The first kappa shape index (κ1) is 34.7. The number of benzene rings is 2. The van der Waals surface area contributed by atoms with E-state index in [1.807, 2.05) is 0 Å². The fraction of sp³-hybridized carbons (Fsp3) is 0.133. The molecule has 0 heterocycles. The fourth-order valence-corrected chi connectivity index (χ4v) is 5.86. The first-order chi connectivity index (χ1) is 22.8. The molecule has 2 aliphatic carbocycles. The van der Waals surface area contributed by atoms with Crippen LogP contribution in [0.15, 0.2) is 36.4 Å². The summed E-state index contributed by atoms with van der Waals surface area (Å²) in [4.78, 5) is 126. The lowest BCUT2D eigenvalue weighted by atomic mass is 9.66. The molecule has 19 nitrogen and oxygen atoms in total. The number of rotatable bonds is 10. The summed E-state index contributed by atoms with van der Waals surface area (Å²) in [5, 5.41) is 79.4. The molecule has 2 aromatic rings. The van der Waals surface area contributed by atoms with E-state index in [4.69, 9.17) is 4.74 Å². The normalized spacial score (nSPS) is 19.1. The van der Waals surface area contributed by atoms with Crippen LogP contribution in [0.1, 0.15) is 76.5 Å². The van der Waals surface area contributed by atoms with Crippen LogP contribution in [0, 0.1) is 0 Å². The van der Waals surface area contributed by atoms with Crippen LogP contribution >= 0.6 is 0 Å². The zero-order chi connectivity index (χ0) is 36.9. The van der Waals surface area contributed by atoms with E-state index in [1.165, 1.54) is 0 Å². The van der Waals surface area contributed by atoms with Crippen LogP contribution in [-0.2, 0) is 44.3 Å². The maximum atomic E-state index is 13.9. The molecule has 0 radical (unpaired) electrons. The Morgan fingerprint density at radius 2 is 0.735 bits per heavy atom. The number of carboxylic acid groups (broad SMARTS) is 8. The Balaban J connectivity index is 2.06. The van der Waals surface area contributed by atoms with E-state index in [0.717, 1.165) is 0 Å². The second-order valence-electron chi connectivity index (χ2n) is 10.4. The summed E-state index contributed by atoms with van der Waals surface area (Å²) in [6, 6.07) is 2.27. The highest BCUT2D eigenvalue weighted by Gasteiger charge is 2.60. The van der Waals surface area contributed by atoms with E-state index in [-0.39, 0.29) is 0 Å². The van der Waals surface area contributed by atoms with Gasteiger partial charge in [0.15, 0.2) is 10.8 Å². The average Bonchev–Trinajstić information content (AvgIpc) is 3.01. The quantitative estimate of drug-likeness (QED) is 0.126. The van der Waals surface area contributed by atoms with Crippen LogP contribution in [0.4, 0.5) is 0 Å². The van der Waals surface area contributed by atoms with Crippen molar-refractivity contribution in [3.05, 3.63) is 80.9 Å². The van der Waals surface area contributed by atoms with Crippen molar-refractivity contribution < 1.29 is 93.5 Å². The number of carbonyl (C=O) groups excluding carboxylic acids is 2. The summed E-state index contributed by atoms with van der Waals surface area (Å²) in [6.07, 6.45) is -1.57. The van der Waals surface area contributed by atoms with Crippen molar-refractivity contribution in [2.45, 2.75) is 23.7 Å². The van der Waals surface area contributed by atoms with Gasteiger partial charge >= 0.3 is 59.7 Å². The molecular formula is C30H18O19. The molecule has 2 unspecified atom stereocenters. The van der Waals surface area contributed by atoms with Crippen molar-refractivity contribution in [2.75, 3.05) is 0 Å². The zero-order valence-electron chi connectivity index (χ0n) is 23.9. The SMILES string of the molecule is O=C(O)C1=CCC(C(=O)O)(C(=O)OC(=O)C2(C(=O)O)CC=C(C(=O)O)c3c(C(=O)O)ccc(C(=O)O)c32)c2c(C(=O)O)ccc(C(=O)O)c21. The summed E-state index contributed by atoms with van der Waals surface area (Å²) in [6.45, 7) is 0. The molecule has 2 aromatic carbocycles. The Labute approximate surface area is 269 Å². The van der Waals surface area contributed by atoms with Crippen LogP contribution in [0.5, 0.6) is 0 Å². The lowest BCUT2D eigenvalue weighted by Gasteiger charge is -2.36. The van der Waals surface area contributed by atoms with E-state index < -0.39 is 139 Å². The third-order valence-electron chi connectivity index (χ3n) is 8.02. The second kappa shape index (κ2) is 11.9. The minimum atomic E-state index is -3.47. The number of hydrogen-bond donors (Lipinski definition) is 8. The highest BCUT2D eigenvalue weighted by atomic mass is 16.6. The minimum Gasteiger partial charge on any atom is -0.480 e. The van der Waals surface area contributed by atoms with Gasteiger partial charge in [0.05, 0.1) is 33.4 Å².